The van der Waals surface area contributed by atoms with Crippen molar-refractivity contribution in [2.75, 3.05) is 36.0 Å². The topological polar surface area (TPSA) is 139 Å². The Hall–Kier alpha value is -3.70. The van der Waals surface area contributed by atoms with Crippen molar-refractivity contribution in [2.45, 2.75) is 18.7 Å². The number of aliphatic hydroxyl groups excluding tert-OH is 1. The molecule has 2 aliphatic rings. The van der Waals surface area contributed by atoms with Crippen molar-refractivity contribution in [3.63, 3.8) is 0 Å². The second-order valence-electron chi connectivity index (χ2n) is 8.26. The Morgan fingerprint density at radius 1 is 1.33 bits per heavy atom. The number of hydrogen-bond donors (Lipinski definition) is 3. The quantitative estimate of drug-likeness (QED) is 0.363. The fourth-order valence-corrected chi connectivity index (χ4v) is 4.59. The normalized spacial score (nSPS) is 20.2. The van der Waals surface area contributed by atoms with Crippen molar-refractivity contribution in [2.24, 2.45) is 12.8 Å². The Bertz CT molecular complexity index is 1230. The lowest BCUT2D eigenvalue weighted by Gasteiger charge is -2.35. The number of aryl methyl sites for hydroxylation is 1. The highest BCUT2D eigenvalue weighted by atomic mass is 16.6. The maximum atomic E-state index is 12.1. The average Bonchev–Trinajstić information content (AvgIpc) is 3.37. The lowest BCUT2D eigenvalue weighted by Crippen LogP contribution is -2.52. The summed E-state index contributed by atoms with van der Waals surface area (Å²) in [5.41, 5.74) is 8.63. The molecule has 0 radical (unpaired) electrons. The van der Waals surface area contributed by atoms with Crippen LogP contribution in [0.5, 0.6) is 0 Å². The van der Waals surface area contributed by atoms with Gasteiger partial charge in [0.25, 0.3) is 0 Å². The highest BCUT2D eigenvalue weighted by Gasteiger charge is 2.38. The van der Waals surface area contributed by atoms with Crippen LogP contribution < -0.4 is 20.9 Å². The molecule has 0 saturated carbocycles. The lowest BCUT2D eigenvalue weighted by atomic mass is 10.1. The van der Waals surface area contributed by atoms with Crippen LogP contribution in [0.1, 0.15) is 5.56 Å². The fraction of sp³-hybridized carbons (Fsp3) is 0.364. The third-order valence-corrected chi connectivity index (χ3v) is 6.04. The van der Waals surface area contributed by atoms with Crippen molar-refractivity contribution < 1.29 is 19.4 Å². The zero-order valence-electron chi connectivity index (χ0n) is 18.1. The number of benzene rings is 1. The van der Waals surface area contributed by atoms with Crippen molar-refractivity contribution in [1.29, 1.82) is 0 Å². The minimum atomic E-state index is -1.14. The van der Waals surface area contributed by atoms with Crippen molar-refractivity contribution in [3.8, 4) is 0 Å². The number of nitrogens with two attached hydrogens (primary N) is 1. The molecule has 4 N–H and O–H groups in total. The number of fused-ring (bicyclic) bond motifs is 2. The van der Waals surface area contributed by atoms with E-state index in [2.05, 4.69) is 20.3 Å². The zero-order valence-corrected chi connectivity index (χ0v) is 18.1. The molecular weight excluding hydrogens is 426 g/mol. The van der Waals surface area contributed by atoms with Gasteiger partial charge in [0, 0.05) is 73.9 Å². The first-order valence-electron chi connectivity index (χ1n) is 10.7. The number of anilines is 3. The number of aromatic nitrogens is 3. The van der Waals surface area contributed by atoms with Gasteiger partial charge in [-0.1, -0.05) is 0 Å². The van der Waals surface area contributed by atoms with Gasteiger partial charge in [0.1, 0.15) is 5.82 Å². The number of hydrogen-bond acceptors (Lipinski definition) is 9. The molecule has 11 heteroatoms. The van der Waals surface area contributed by atoms with E-state index in [9.17, 15) is 14.7 Å². The molecule has 1 aromatic carbocycles. The van der Waals surface area contributed by atoms with Gasteiger partial charge in [-0.15, -0.1) is 0 Å². The van der Waals surface area contributed by atoms with Gasteiger partial charge in [-0.25, -0.2) is 9.78 Å². The molecule has 1 saturated heterocycles. The molecular formula is C22H25N7O4. The number of primary amides is 1. The van der Waals surface area contributed by atoms with E-state index in [1.807, 2.05) is 42.4 Å². The van der Waals surface area contributed by atoms with E-state index < -0.39 is 18.1 Å². The Morgan fingerprint density at radius 2 is 2.18 bits per heavy atom. The van der Waals surface area contributed by atoms with E-state index in [1.165, 1.54) is 0 Å². The SMILES string of the molecule is Cn1cc2cc(N3c4nccc(N5CCN[C@@H](CO)C5)c4CC3OC(=O)C(N)=O)ccc2n1. The Morgan fingerprint density at radius 3 is 2.97 bits per heavy atom. The van der Waals surface area contributed by atoms with Crippen LogP contribution in [0.2, 0.25) is 0 Å². The Labute approximate surface area is 189 Å². The average molecular weight is 451 g/mol. The predicted octanol–water partition coefficient (Wildman–Crippen LogP) is -0.212. The van der Waals surface area contributed by atoms with Crippen LogP contribution in [0.15, 0.2) is 36.7 Å². The van der Waals surface area contributed by atoms with Gasteiger partial charge in [0.05, 0.1) is 12.1 Å². The van der Waals surface area contributed by atoms with Crippen molar-refractivity contribution in [1.82, 2.24) is 20.1 Å². The van der Waals surface area contributed by atoms with E-state index in [0.717, 1.165) is 40.9 Å². The van der Waals surface area contributed by atoms with E-state index in [0.29, 0.717) is 18.8 Å². The number of carbonyl (C=O) groups excluding carboxylic acids is 2. The first-order chi connectivity index (χ1) is 15.9. The number of nitrogens with zero attached hydrogens (tertiary/aromatic N) is 5. The second-order valence-corrected chi connectivity index (χ2v) is 8.26. The molecule has 172 valence electrons. The molecule has 3 aromatic rings. The number of carbonyl (C=O) groups is 2. The molecule has 11 nitrogen and oxygen atoms in total. The molecule has 2 atom stereocenters. The summed E-state index contributed by atoms with van der Waals surface area (Å²) in [6.07, 6.45) is 3.19. The summed E-state index contributed by atoms with van der Waals surface area (Å²) in [4.78, 5) is 32.2. The molecule has 2 aromatic heterocycles. The monoisotopic (exact) mass is 451 g/mol. The number of ether oxygens (including phenoxy) is 1. The molecule has 0 bridgehead atoms. The molecule has 2 aliphatic heterocycles. The highest BCUT2D eigenvalue weighted by molar-refractivity contribution is 6.31. The minimum Gasteiger partial charge on any atom is -0.434 e. The van der Waals surface area contributed by atoms with Gasteiger partial charge in [0.15, 0.2) is 6.23 Å². The van der Waals surface area contributed by atoms with Crippen LogP contribution in [-0.2, 0) is 27.8 Å². The maximum Gasteiger partial charge on any atom is 0.398 e. The number of aliphatic hydroxyl groups is 1. The zero-order chi connectivity index (χ0) is 23.1. The van der Waals surface area contributed by atoms with E-state index in [4.69, 9.17) is 10.5 Å². The molecule has 5 rings (SSSR count). The van der Waals surface area contributed by atoms with Crippen LogP contribution in [0.25, 0.3) is 10.9 Å². The largest absolute Gasteiger partial charge is 0.434 e. The summed E-state index contributed by atoms with van der Waals surface area (Å²) in [6, 6.07) is 7.62. The Kier molecular flexibility index (Phi) is 5.35. The van der Waals surface area contributed by atoms with E-state index in [-0.39, 0.29) is 12.6 Å². The molecule has 0 aliphatic carbocycles. The van der Waals surface area contributed by atoms with Crippen LogP contribution in [0.3, 0.4) is 0 Å². The second kappa shape index (κ2) is 8.34. The summed E-state index contributed by atoms with van der Waals surface area (Å²) in [5, 5.41) is 18.2. The number of nitrogens with one attached hydrogen (secondary N) is 1. The highest BCUT2D eigenvalue weighted by Crippen LogP contribution is 2.42. The molecule has 1 amide bonds. The smallest absolute Gasteiger partial charge is 0.398 e. The molecule has 33 heavy (non-hydrogen) atoms. The van der Waals surface area contributed by atoms with Gasteiger partial charge >= 0.3 is 11.9 Å². The van der Waals surface area contributed by atoms with Crippen molar-refractivity contribution in [3.05, 3.63) is 42.2 Å². The van der Waals surface area contributed by atoms with E-state index in [1.54, 1.807) is 10.9 Å². The summed E-state index contributed by atoms with van der Waals surface area (Å²) in [6.45, 7) is 2.18. The van der Waals surface area contributed by atoms with Gasteiger partial charge in [-0.2, -0.15) is 5.10 Å². The molecule has 1 unspecified atom stereocenters. The summed E-state index contributed by atoms with van der Waals surface area (Å²) in [7, 11) is 1.85. The maximum absolute atomic E-state index is 12.1. The minimum absolute atomic E-state index is 0.0310. The summed E-state index contributed by atoms with van der Waals surface area (Å²) in [5.74, 6) is -1.59. The third-order valence-electron chi connectivity index (χ3n) is 6.04. The van der Waals surface area contributed by atoms with Gasteiger partial charge in [-0.3, -0.25) is 14.4 Å². The molecule has 0 spiro atoms. The summed E-state index contributed by atoms with van der Waals surface area (Å²) < 4.78 is 7.24. The van der Waals surface area contributed by atoms with Gasteiger partial charge < -0.3 is 25.8 Å². The van der Waals surface area contributed by atoms with Crippen LogP contribution in [0, 0.1) is 0 Å². The van der Waals surface area contributed by atoms with Gasteiger partial charge in [0.2, 0.25) is 0 Å². The number of rotatable bonds is 4. The van der Waals surface area contributed by atoms with Crippen molar-refractivity contribution >= 4 is 40.0 Å². The standard InChI is InChI=1S/C22H25N7O4/c1-27-10-13-8-15(2-3-17(13)26-27)29-19(33-22(32)20(23)31)9-16-18(4-5-25-21(16)29)28-7-6-24-14(11-28)12-30/h2-5,8,10,14,19,24,30H,6-7,9,11-12H2,1H3,(H2,23,31)/t14-,19?/m1/s1. The predicted molar refractivity (Wildman–Crippen MR) is 121 cm³/mol. The summed E-state index contributed by atoms with van der Waals surface area (Å²) >= 11 is 0. The first-order valence-corrected chi connectivity index (χ1v) is 10.7. The Balaban J connectivity index is 1.57. The van der Waals surface area contributed by atoms with Crippen LogP contribution in [0.4, 0.5) is 17.2 Å². The molecule has 1 fully saturated rings. The first kappa shape index (κ1) is 21.2. The third kappa shape index (κ3) is 3.85. The number of amides is 1. The fourth-order valence-electron chi connectivity index (χ4n) is 4.59. The van der Waals surface area contributed by atoms with Gasteiger partial charge in [-0.05, 0) is 24.3 Å². The van der Waals surface area contributed by atoms with Crippen LogP contribution in [-0.4, -0.2) is 70.3 Å². The van der Waals surface area contributed by atoms with Crippen LogP contribution >= 0.6 is 0 Å². The molecule has 4 heterocycles. The number of esters is 1. The number of pyridine rings is 1. The van der Waals surface area contributed by atoms with E-state index >= 15 is 0 Å². The number of piperazine rings is 1. The lowest BCUT2D eigenvalue weighted by molar-refractivity contribution is -0.157.